The van der Waals surface area contributed by atoms with Crippen LogP contribution in [0, 0.1) is 11.8 Å². The molecule has 0 atom stereocenters. The SMILES string of the molecule is CC#CCOCCOCCOCCCl. The van der Waals surface area contributed by atoms with Crippen LogP contribution in [0.1, 0.15) is 6.92 Å². The Kier molecular flexibility index (Phi) is 12.5. The van der Waals surface area contributed by atoms with Crippen molar-refractivity contribution in [2.24, 2.45) is 0 Å². The molecule has 0 spiro atoms. The lowest BCUT2D eigenvalue weighted by Gasteiger charge is -2.04. The molecule has 14 heavy (non-hydrogen) atoms. The van der Waals surface area contributed by atoms with E-state index >= 15 is 0 Å². The summed E-state index contributed by atoms with van der Waals surface area (Å²) < 4.78 is 15.5. The van der Waals surface area contributed by atoms with Crippen molar-refractivity contribution in [1.29, 1.82) is 0 Å². The van der Waals surface area contributed by atoms with Gasteiger partial charge >= 0.3 is 0 Å². The molecule has 0 amide bonds. The monoisotopic (exact) mass is 220 g/mol. The molecule has 0 aliphatic heterocycles. The summed E-state index contributed by atoms with van der Waals surface area (Å²) in [5.41, 5.74) is 0. The highest BCUT2D eigenvalue weighted by molar-refractivity contribution is 6.17. The lowest BCUT2D eigenvalue weighted by atomic mass is 10.6. The van der Waals surface area contributed by atoms with E-state index in [0.717, 1.165) is 0 Å². The van der Waals surface area contributed by atoms with Gasteiger partial charge in [0.25, 0.3) is 0 Å². The van der Waals surface area contributed by atoms with Gasteiger partial charge in [-0.25, -0.2) is 0 Å². The van der Waals surface area contributed by atoms with Crippen molar-refractivity contribution in [3.05, 3.63) is 0 Å². The molecule has 3 nitrogen and oxygen atoms in total. The molecular weight excluding hydrogens is 204 g/mol. The molecule has 0 saturated carbocycles. The summed E-state index contributed by atoms with van der Waals surface area (Å²) in [6, 6.07) is 0. The Morgan fingerprint density at radius 3 is 2.07 bits per heavy atom. The maximum Gasteiger partial charge on any atom is 0.107 e. The molecule has 0 saturated heterocycles. The number of alkyl halides is 1. The van der Waals surface area contributed by atoms with Crippen molar-refractivity contribution in [1.82, 2.24) is 0 Å². The van der Waals surface area contributed by atoms with Crippen LogP contribution in [0.25, 0.3) is 0 Å². The molecule has 4 heteroatoms. The number of hydrogen-bond donors (Lipinski definition) is 0. The summed E-state index contributed by atoms with van der Waals surface area (Å²) in [5, 5.41) is 0. The van der Waals surface area contributed by atoms with Gasteiger partial charge in [-0.05, 0) is 6.92 Å². The van der Waals surface area contributed by atoms with Gasteiger partial charge in [0.2, 0.25) is 0 Å². The molecule has 0 unspecified atom stereocenters. The Balaban J connectivity index is 2.87. The molecule has 0 aromatic rings. The molecule has 0 aromatic carbocycles. The van der Waals surface area contributed by atoms with E-state index in [9.17, 15) is 0 Å². The molecule has 0 heterocycles. The van der Waals surface area contributed by atoms with Crippen molar-refractivity contribution < 1.29 is 14.2 Å². The summed E-state index contributed by atoms with van der Waals surface area (Å²) in [7, 11) is 0. The Bertz CT molecular complexity index is 162. The van der Waals surface area contributed by atoms with Crippen molar-refractivity contribution in [3.63, 3.8) is 0 Å². The van der Waals surface area contributed by atoms with Gasteiger partial charge in [0.05, 0.1) is 33.0 Å². The van der Waals surface area contributed by atoms with Crippen LogP contribution in [-0.4, -0.2) is 45.5 Å². The first-order valence-corrected chi connectivity index (χ1v) is 5.14. The third-order valence-electron chi connectivity index (χ3n) is 1.32. The highest BCUT2D eigenvalue weighted by atomic mass is 35.5. The standard InChI is InChI=1S/C10H17ClO3/c1-2-3-5-12-7-9-14-10-8-13-6-4-11/h4-10H2,1H3. The zero-order valence-electron chi connectivity index (χ0n) is 8.55. The summed E-state index contributed by atoms with van der Waals surface area (Å²) in [6.45, 7) is 5.16. The minimum absolute atomic E-state index is 0.475. The van der Waals surface area contributed by atoms with Gasteiger partial charge < -0.3 is 14.2 Å². The highest BCUT2D eigenvalue weighted by Crippen LogP contribution is 1.82. The van der Waals surface area contributed by atoms with Crippen molar-refractivity contribution in [3.8, 4) is 11.8 Å². The third-order valence-corrected chi connectivity index (χ3v) is 1.47. The van der Waals surface area contributed by atoms with Gasteiger partial charge in [0, 0.05) is 5.88 Å². The molecule has 0 aliphatic rings. The molecule has 82 valence electrons. The van der Waals surface area contributed by atoms with Crippen LogP contribution in [-0.2, 0) is 14.2 Å². The maximum absolute atomic E-state index is 5.41. The average Bonchev–Trinajstić information content (AvgIpc) is 2.21. The van der Waals surface area contributed by atoms with E-state index in [-0.39, 0.29) is 0 Å². The summed E-state index contributed by atoms with van der Waals surface area (Å²) >= 11 is 5.41. The first kappa shape index (κ1) is 13.7. The van der Waals surface area contributed by atoms with E-state index in [2.05, 4.69) is 11.8 Å². The maximum atomic E-state index is 5.41. The largest absolute Gasteiger partial charge is 0.378 e. The summed E-state index contributed by atoms with van der Waals surface area (Å²) in [6.07, 6.45) is 0. The molecule has 0 rings (SSSR count). The molecule has 0 N–H and O–H groups in total. The lowest BCUT2D eigenvalue weighted by Crippen LogP contribution is -2.10. The molecule has 0 aliphatic carbocycles. The quantitative estimate of drug-likeness (QED) is 0.333. The predicted molar refractivity (Wildman–Crippen MR) is 56.6 cm³/mol. The Hall–Kier alpha value is -0.270. The topological polar surface area (TPSA) is 27.7 Å². The molecule has 0 bridgehead atoms. The molecule has 0 fully saturated rings. The first-order chi connectivity index (χ1) is 6.91. The lowest BCUT2D eigenvalue weighted by molar-refractivity contribution is 0.0235. The van der Waals surface area contributed by atoms with Gasteiger partial charge in [-0.2, -0.15) is 0 Å². The zero-order chi connectivity index (χ0) is 10.5. The van der Waals surface area contributed by atoms with Crippen LogP contribution < -0.4 is 0 Å². The van der Waals surface area contributed by atoms with Crippen LogP contribution in [0.3, 0.4) is 0 Å². The van der Waals surface area contributed by atoms with Crippen LogP contribution in [0.15, 0.2) is 0 Å². The van der Waals surface area contributed by atoms with Crippen LogP contribution in [0.2, 0.25) is 0 Å². The minimum Gasteiger partial charge on any atom is -0.378 e. The summed E-state index contributed by atoms with van der Waals surface area (Å²) in [5.74, 6) is 6.07. The Morgan fingerprint density at radius 1 is 0.929 bits per heavy atom. The van der Waals surface area contributed by atoms with Crippen molar-refractivity contribution in [2.75, 3.05) is 45.5 Å². The van der Waals surface area contributed by atoms with Gasteiger partial charge in [0.15, 0.2) is 0 Å². The Labute approximate surface area is 90.7 Å². The van der Waals surface area contributed by atoms with Gasteiger partial charge in [-0.1, -0.05) is 5.92 Å². The Morgan fingerprint density at radius 2 is 1.50 bits per heavy atom. The van der Waals surface area contributed by atoms with Gasteiger partial charge in [-0.3, -0.25) is 0 Å². The molecule has 0 radical (unpaired) electrons. The first-order valence-electron chi connectivity index (χ1n) is 4.60. The third kappa shape index (κ3) is 11.7. The van der Waals surface area contributed by atoms with E-state index < -0.39 is 0 Å². The smallest absolute Gasteiger partial charge is 0.107 e. The summed E-state index contributed by atoms with van der Waals surface area (Å²) in [4.78, 5) is 0. The fourth-order valence-corrected chi connectivity index (χ4v) is 0.799. The van der Waals surface area contributed by atoms with Gasteiger partial charge in [0.1, 0.15) is 6.61 Å². The van der Waals surface area contributed by atoms with Crippen molar-refractivity contribution in [2.45, 2.75) is 6.92 Å². The number of ether oxygens (including phenoxy) is 3. The number of hydrogen-bond acceptors (Lipinski definition) is 3. The van der Waals surface area contributed by atoms with E-state index in [1.165, 1.54) is 0 Å². The average molecular weight is 221 g/mol. The van der Waals surface area contributed by atoms with Crippen molar-refractivity contribution >= 4 is 11.6 Å². The highest BCUT2D eigenvalue weighted by Gasteiger charge is 1.89. The van der Waals surface area contributed by atoms with Crippen LogP contribution in [0.4, 0.5) is 0 Å². The van der Waals surface area contributed by atoms with E-state index in [4.69, 9.17) is 25.8 Å². The van der Waals surface area contributed by atoms with Crippen LogP contribution in [0.5, 0.6) is 0 Å². The fourth-order valence-electron chi connectivity index (χ4n) is 0.690. The second-order valence-electron chi connectivity index (χ2n) is 2.39. The normalized spacial score (nSPS) is 9.57. The van der Waals surface area contributed by atoms with Crippen LogP contribution >= 0.6 is 11.6 Å². The number of rotatable bonds is 9. The molecule has 0 aromatic heterocycles. The van der Waals surface area contributed by atoms with E-state index in [1.807, 2.05) is 0 Å². The fraction of sp³-hybridized carbons (Fsp3) is 0.800. The minimum atomic E-state index is 0.475. The number of halogens is 1. The van der Waals surface area contributed by atoms with Gasteiger partial charge in [-0.15, -0.1) is 17.5 Å². The van der Waals surface area contributed by atoms with E-state index in [1.54, 1.807) is 6.92 Å². The molecular formula is C10H17ClO3. The second kappa shape index (κ2) is 12.7. The predicted octanol–water partition coefficient (Wildman–Crippen LogP) is 1.30. The zero-order valence-corrected chi connectivity index (χ0v) is 9.31. The second-order valence-corrected chi connectivity index (χ2v) is 2.77. The van der Waals surface area contributed by atoms with E-state index in [0.29, 0.717) is 45.5 Å².